The molecule has 1 aromatic heterocycles. The highest BCUT2D eigenvalue weighted by Crippen LogP contribution is 2.46. The molecule has 2 aromatic rings. The molecule has 2 aliphatic heterocycles. The van der Waals surface area contributed by atoms with Crippen LogP contribution in [0, 0.1) is 11.8 Å². The van der Waals surface area contributed by atoms with E-state index in [-0.39, 0.29) is 5.91 Å². The molecule has 0 unspecified atom stereocenters. The first-order valence-electron chi connectivity index (χ1n) is 10.9. The van der Waals surface area contributed by atoms with Crippen LogP contribution in [-0.4, -0.2) is 53.1 Å². The molecule has 0 N–H and O–H groups in total. The lowest BCUT2D eigenvalue weighted by atomic mass is 10.0. The fourth-order valence-corrected chi connectivity index (χ4v) is 8.26. The minimum Gasteiger partial charge on any atom is -0.329 e. The predicted molar refractivity (Wildman–Crippen MR) is 121 cm³/mol. The Bertz CT molecular complexity index is 1100. The first-order chi connectivity index (χ1) is 14.8. The molecule has 3 atom stereocenters. The standard InChI is InChI=1S/C22H28N4O3S2/c1-15(27)26-8-3-4-16-12-20(5-6-21(16)26)31(28,29)25-13-17-10-19(11-18(17)14-25)30-22-23-7-9-24(22)2/h5-7,9,12,17-19H,3-4,8,10-11,13-14H2,1-2H3/t17-,18+,19+. The quantitative estimate of drug-likeness (QED) is 0.701. The number of nitrogens with zero attached hydrogens (tertiary/aromatic N) is 4. The highest BCUT2D eigenvalue weighted by atomic mass is 32.2. The summed E-state index contributed by atoms with van der Waals surface area (Å²) >= 11 is 1.82. The summed E-state index contributed by atoms with van der Waals surface area (Å²) in [5, 5.41) is 1.53. The van der Waals surface area contributed by atoms with Crippen LogP contribution in [-0.2, 0) is 28.3 Å². The van der Waals surface area contributed by atoms with Gasteiger partial charge in [0, 0.05) is 56.9 Å². The lowest BCUT2D eigenvalue weighted by molar-refractivity contribution is -0.116. The molecule has 1 aromatic carbocycles. The normalized spacial score (nSPS) is 26.1. The summed E-state index contributed by atoms with van der Waals surface area (Å²) in [6, 6.07) is 5.26. The fraction of sp³-hybridized carbons (Fsp3) is 0.545. The van der Waals surface area contributed by atoms with Crippen LogP contribution in [0.2, 0.25) is 0 Å². The van der Waals surface area contributed by atoms with E-state index in [0.717, 1.165) is 42.1 Å². The summed E-state index contributed by atoms with van der Waals surface area (Å²) in [4.78, 5) is 18.4. The van der Waals surface area contributed by atoms with Crippen molar-refractivity contribution >= 4 is 33.4 Å². The van der Waals surface area contributed by atoms with Gasteiger partial charge >= 0.3 is 0 Å². The van der Waals surface area contributed by atoms with E-state index >= 15 is 0 Å². The third-order valence-corrected chi connectivity index (χ3v) is 10.1. The highest BCUT2D eigenvalue weighted by Gasteiger charge is 2.45. The Hall–Kier alpha value is -1.84. The maximum absolute atomic E-state index is 13.4. The SMILES string of the molecule is CC(=O)N1CCCc2cc(S(=O)(=O)N3C[C@H]4C[C@H](Sc5nccn5C)C[C@H]4C3)ccc21. The molecule has 1 amide bonds. The average Bonchev–Trinajstić information content (AvgIpc) is 3.42. The van der Waals surface area contributed by atoms with E-state index in [0.29, 0.717) is 41.6 Å². The zero-order chi connectivity index (χ0) is 21.8. The van der Waals surface area contributed by atoms with Crippen molar-refractivity contribution in [2.75, 3.05) is 24.5 Å². The van der Waals surface area contributed by atoms with Crippen molar-refractivity contribution in [1.29, 1.82) is 0 Å². The Balaban J connectivity index is 1.29. The summed E-state index contributed by atoms with van der Waals surface area (Å²) in [5.74, 6) is 0.832. The Morgan fingerprint density at radius 3 is 2.58 bits per heavy atom. The molecular formula is C22H28N4O3S2. The second-order valence-corrected chi connectivity index (χ2v) is 12.1. The monoisotopic (exact) mass is 460 g/mol. The topological polar surface area (TPSA) is 75.5 Å². The second-order valence-electron chi connectivity index (χ2n) is 8.94. The summed E-state index contributed by atoms with van der Waals surface area (Å²) < 4.78 is 30.5. The van der Waals surface area contributed by atoms with Crippen molar-refractivity contribution < 1.29 is 13.2 Å². The van der Waals surface area contributed by atoms with Gasteiger partial charge in [0.1, 0.15) is 0 Å². The van der Waals surface area contributed by atoms with Crippen molar-refractivity contribution in [3.05, 3.63) is 36.2 Å². The van der Waals surface area contributed by atoms with Gasteiger partial charge in [0.15, 0.2) is 5.16 Å². The zero-order valence-electron chi connectivity index (χ0n) is 17.9. The Morgan fingerprint density at radius 1 is 1.19 bits per heavy atom. The summed E-state index contributed by atoms with van der Waals surface area (Å²) in [6.45, 7) is 3.45. The first kappa shape index (κ1) is 21.0. The number of anilines is 1. The van der Waals surface area contributed by atoms with Crippen molar-refractivity contribution in [2.45, 2.75) is 47.9 Å². The number of hydrogen-bond acceptors (Lipinski definition) is 5. The number of fused-ring (bicyclic) bond motifs is 2. The summed E-state index contributed by atoms with van der Waals surface area (Å²) in [6.07, 6.45) is 7.51. The molecule has 31 heavy (non-hydrogen) atoms. The third kappa shape index (κ3) is 3.81. The molecule has 0 spiro atoms. The van der Waals surface area contributed by atoms with Crippen LogP contribution < -0.4 is 4.90 Å². The maximum atomic E-state index is 13.4. The number of aromatic nitrogens is 2. The van der Waals surface area contributed by atoms with Crippen molar-refractivity contribution in [2.24, 2.45) is 18.9 Å². The van der Waals surface area contributed by atoms with Crippen LogP contribution >= 0.6 is 11.8 Å². The molecule has 0 radical (unpaired) electrons. The Labute approximate surface area is 187 Å². The van der Waals surface area contributed by atoms with E-state index in [2.05, 4.69) is 4.98 Å². The van der Waals surface area contributed by atoms with Crippen LogP contribution in [0.4, 0.5) is 5.69 Å². The average molecular weight is 461 g/mol. The van der Waals surface area contributed by atoms with E-state index in [1.807, 2.05) is 35.8 Å². The van der Waals surface area contributed by atoms with Gasteiger partial charge in [0.2, 0.25) is 15.9 Å². The van der Waals surface area contributed by atoms with Crippen LogP contribution in [0.5, 0.6) is 0 Å². The second kappa shape index (κ2) is 7.94. The van der Waals surface area contributed by atoms with Crippen LogP contribution in [0.15, 0.2) is 40.6 Å². The number of aryl methyl sites for hydroxylation is 2. The number of imidazole rings is 1. The molecule has 166 valence electrons. The van der Waals surface area contributed by atoms with E-state index in [1.165, 1.54) is 0 Å². The summed E-state index contributed by atoms with van der Waals surface area (Å²) in [7, 11) is -1.51. The molecule has 9 heteroatoms. The Kier molecular flexibility index (Phi) is 5.38. The molecule has 1 saturated heterocycles. The molecule has 7 nitrogen and oxygen atoms in total. The largest absolute Gasteiger partial charge is 0.329 e. The number of carbonyl (C=O) groups excluding carboxylic acids is 1. The molecule has 2 fully saturated rings. The number of amides is 1. The number of rotatable bonds is 4. The van der Waals surface area contributed by atoms with Gasteiger partial charge in [-0.1, -0.05) is 11.8 Å². The van der Waals surface area contributed by atoms with Gasteiger partial charge in [0.25, 0.3) is 0 Å². The number of thioether (sulfide) groups is 1. The number of benzene rings is 1. The minimum absolute atomic E-state index is 0.00175. The first-order valence-corrected chi connectivity index (χ1v) is 13.2. The van der Waals surface area contributed by atoms with Crippen LogP contribution in [0.3, 0.4) is 0 Å². The lowest BCUT2D eigenvalue weighted by Gasteiger charge is -2.29. The van der Waals surface area contributed by atoms with Gasteiger partial charge in [-0.15, -0.1) is 0 Å². The third-order valence-electron chi connectivity index (χ3n) is 6.91. The highest BCUT2D eigenvalue weighted by molar-refractivity contribution is 7.99. The molecule has 1 saturated carbocycles. The van der Waals surface area contributed by atoms with Crippen molar-refractivity contribution in [1.82, 2.24) is 13.9 Å². The van der Waals surface area contributed by atoms with E-state index in [1.54, 1.807) is 34.3 Å². The van der Waals surface area contributed by atoms with Crippen LogP contribution in [0.1, 0.15) is 31.7 Å². The summed E-state index contributed by atoms with van der Waals surface area (Å²) in [5.41, 5.74) is 1.80. The number of carbonyl (C=O) groups is 1. The van der Waals surface area contributed by atoms with Gasteiger partial charge < -0.3 is 9.47 Å². The lowest BCUT2D eigenvalue weighted by Crippen LogP contribution is -2.34. The minimum atomic E-state index is -3.52. The fourth-order valence-electron chi connectivity index (χ4n) is 5.32. The van der Waals surface area contributed by atoms with E-state index in [4.69, 9.17) is 0 Å². The molecule has 0 bridgehead atoms. The van der Waals surface area contributed by atoms with E-state index in [9.17, 15) is 13.2 Å². The number of sulfonamides is 1. The van der Waals surface area contributed by atoms with Gasteiger partial charge in [-0.25, -0.2) is 13.4 Å². The molecule has 5 rings (SSSR count). The zero-order valence-corrected chi connectivity index (χ0v) is 19.5. The molecule has 3 heterocycles. The predicted octanol–water partition coefficient (Wildman–Crippen LogP) is 2.91. The van der Waals surface area contributed by atoms with E-state index < -0.39 is 10.0 Å². The van der Waals surface area contributed by atoms with Gasteiger partial charge in [-0.2, -0.15) is 4.31 Å². The van der Waals surface area contributed by atoms with Crippen molar-refractivity contribution in [3.8, 4) is 0 Å². The van der Waals surface area contributed by atoms with Gasteiger partial charge in [0.05, 0.1) is 4.90 Å². The van der Waals surface area contributed by atoms with Crippen molar-refractivity contribution in [3.63, 3.8) is 0 Å². The number of hydrogen-bond donors (Lipinski definition) is 0. The molecule has 1 aliphatic carbocycles. The molecule has 3 aliphatic rings. The molecular weight excluding hydrogens is 432 g/mol. The maximum Gasteiger partial charge on any atom is 0.243 e. The van der Waals surface area contributed by atoms with Crippen LogP contribution in [0.25, 0.3) is 0 Å². The van der Waals surface area contributed by atoms with Gasteiger partial charge in [-0.3, -0.25) is 4.79 Å². The smallest absolute Gasteiger partial charge is 0.243 e. The van der Waals surface area contributed by atoms with Gasteiger partial charge in [-0.05, 0) is 61.3 Å². The Morgan fingerprint density at radius 2 is 1.94 bits per heavy atom.